The molecule has 170 valence electrons. The van der Waals surface area contributed by atoms with Gasteiger partial charge in [-0.3, -0.25) is 9.59 Å². The van der Waals surface area contributed by atoms with E-state index in [1.165, 1.54) is 28.6 Å². The van der Waals surface area contributed by atoms with Crippen LogP contribution in [0.5, 0.6) is 5.75 Å². The van der Waals surface area contributed by atoms with Crippen LogP contribution in [0, 0.1) is 18.7 Å². The van der Waals surface area contributed by atoms with Gasteiger partial charge < -0.3 is 15.4 Å². The third-order valence-electron chi connectivity index (χ3n) is 5.74. The summed E-state index contributed by atoms with van der Waals surface area (Å²) in [5.74, 6) is -1.04. The third-order valence-corrected chi connectivity index (χ3v) is 7.78. The predicted octanol–water partition coefficient (Wildman–Crippen LogP) is 2.89. The molecule has 0 unspecified atom stereocenters. The minimum absolute atomic E-state index is 0.113. The Hall–Kier alpha value is -2.98. The van der Waals surface area contributed by atoms with Gasteiger partial charge in [0.05, 0.1) is 10.6 Å². The lowest BCUT2D eigenvalue weighted by Gasteiger charge is -2.31. The molecule has 32 heavy (non-hydrogen) atoms. The van der Waals surface area contributed by atoms with Gasteiger partial charge in [0.1, 0.15) is 11.6 Å². The molecule has 1 atom stereocenters. The summed E-state index contributed by atoms with van der Waals surface area (Å²) in [5, 5.41) is 5.40. The van der Waals surface area contributed by atoms with Crippen molar-refractivity contribution in [1.29, 1.82) is 0 Å². The maximum absolute atomic E-state index is 13.3. The van der Waals surface area contributed by atoms with Crippen molar-refractivity contribution < 1.29 is 27.1 Å². The number of halogens is 1. The zero-order valence-corrected chi connectivity index (χ0v) is 18.5. The Bertz CT molecular complexity index is 1180. The largest absolute Gasteiger partial charge is 0.479 e. The number of hydrogen-bond donors (Lipinski definition) is 2. The van der Waals surface area contributed by atoms with Gasteiger partial charge in [-0.25, -0.2) is 12.8 Å². The number of carbonyl (C=O) groups is 2. The lowest BCUT2D eigenvalue weighted by atomic mass is 9.97. The lowest BCUT2D eigenvalue weighted by molar-refractivity contribution is -0.123. The van der Waals surface area contributed by atoms with Crippen molar-refractivity contribution in [3.05, 3.63) is 47.8 Å². The van der Waals surface area contributed by atoms with Crippen LogP contribution in [0.1, 0.15) is 25.3 Å². The average Bonchev–Trinajstić information content (AvgIpc) is 2.74. The van der Waals surface area contributed by atoms with E-state index < -0.39 is 21.9 Å². The number of ether oxygens (including phenoxy) is 1. The number of rotatable bonds is 4. The SMILES string of the molecule is Cc1cc2c(cc1S(=O)(=O)N1CCC(C(=O)Nc3cccc(F)c3)CC1)O[C@@H](C)C(=O)N2. The fraction of sp³-hybridized carbons (Fsp3) is 0.364. The van der Waals surface area contributed by atoms with E-state index in [0.29, 0.717) is 35.5 Å². The number of hydrogen-bond acceptors (Lipinski definition) is 5. The maximum atomic E-state index is 13.3. The van der Waals surface area contributed by atoms with Crippen LogP contribution in [-0.4, -0.2) is 43.7 Å². The summed E-state index contributed by atoms with van der Waals surface area (Å²) in [6.45, 7) is 3.63. The van der Waals surface area contributed by atoms with Gasteiger partial charge in [0.15, 0.2) is 6.10 Å². The molecule has 2 amide bonds. The highest BCUT2D eigenvalue weighted by Gasteiger charge is 2.34. The number of benzene rings is 2. The van der Waals surface area contributed by atoms with Crippen molar-refractivity contribution in [2.75, 3.05) is 23.7 Å². The summed E-state index contributed by atoms with van der Waals surface area (Å²) in [4.78, 5) is 24.4. The van der Waals surface area contributed by atoms with Crippen molar-refractivity contribution in [2.45, 2.75) is 37.7 Å². The van der Waals surface area contributed by atoms with Gasteiger partial charge in [-0.2, -0.15) is 4.31 Å². The van der Waals surface area contributed by atoms with Crippen LogP contribution < -0.4 is 15.4 Å². The van der Waals surface area contributed by atoms with E-state index in [4.69, 9.17) is 4.74 Å². The van der Waals surface area contributed by atoms with Crippen molar-refractivity contribution in [3.8, 4) is 5.75 Å². The van der Waals surface area contributed by atoms with Gasteiger partial charge in [0.2, 0.25) is 15.9 Å². The molecule has 4 rings (SSSR count). The van der Waals surface area contributed by atoms with E-state index in [1.807, 2.05) is 0 Å². The Morgan fingerprint density at radius 2 is 1.94 bits per heavy atom. The van der Waals surface area contributed by atoms with Crippen molar-refractivity contribution in [3.63, 3.8) is 0 Å². The molecule has 0 bridgehead atoms. The van der Waals surface area contributed by atoms with Gasteiger partial charge in [0.25, 0.3) is 5.91 Å². The summed E-state index contributed by atoms with van der Waals surface area (Å²) in [6, 6.07) is 8.68. The first-order valence-electron chi connectivity index (χ1n) is 10.3. The van der Waals surface area contributed by atoms with Gasteiger partial charge >= 0.3 is 0 Å². The number of fused-ring (bicyclic) bond motifs is 1. The van der Waals surface area contributed by atoms with Gasteiger partial charge in [0, 0.05) is 30.8 Å². The number of anilines is 2. The second-order valence-corrected chi connectivity index (χ2v) is 9.95. The molecule has 2 aromatic carbocycles. The van der Waals surface area contributed by atoms with Gasteiger partial charge in [-0.1, -0.05) is 6.07 Å². The summed E-state index contributed by atoms with van der Waals surface area (Å²) in [7, 11) is -3.81. The molecule has 8 nitrogen and oxygen atoms in total. The molecule has 10 heteroatoms. The number of nitrogens with zero attached hydrogens (tertiary/aromatic N) is 1. The number of aryl methyl sites for hydroxylation is 1. The number of piperidine rings is 1. The van der Waals surface area contributed by atoms with Gasteiger partial charge in [-0.05, 0) is 56.5 Å². The van der Waals surface area contributed by atoms with Crippen LogP contribution in [0.25, 0.3) is 0 Å². The van der Waals surface area contributed by atoms with Crippen LogP contribution in [-0.2, 0) is 19.6 Å². The zero-order chi connectivity index (χ0) is 23.0. The highest BCUT2D eigenvalue weighted by atomic mass is 32.2. The maximum Gasteiger partial charge on any atom is 0.265 e. The first kappa shape index (κ1) is 22.2. The molecule has 0 spiro atoms. The standard InChI is InChI=1S/C22H24FN3O5S/c1-13-10-18-19(31-14(2)21(27)25-18)12-20(13)32(29,30)26-8-6-15(7-9-26)22(28)24-17-5-3-4-16(23)11-17/h3-5,10-12,14-15H,6-9H2,1-2H3,(H,24,28)(H,25,27)/t14-/m0/s1. The first-order valence-corrected chi connectivity index (χ1v) is 11.8. The predicted molar refractivity (Wildman–Crippen MR) is 116 cm³/mol. The number of carbonyl (C=O) groups excluding carboxylic acids is 2. The van der Waals surface area contributed by atoms with Crippen LogP contribution in [0.3, 0.4) is 0 Å². The summed E-state index contributed by atoms with van der Waals surface area (Å²) >= 11 is 0. The average molecular weight is 462 g/mol. The molecule has 2 N–H and O–H groups in total. The van der Waals surface area contributed by atoms with Crippen LogP contribution in [0.2, 0.25) is 0 Å². The topological polar surface area (TPSA) is 105 Å². The Kier molecular flexibility index (Phi) is 5.91. The fourth-order valence-corrected chi connectivity index (χ4v) is 5.62. The highest BCUT2D eigenvalue weighted by molar-refractivity contribution is 7.89. The minimum Gasteiger partial charge on any atom is -0.479 e. The van der Waals surface area contributed by atoms with Crippen molar-refractivity contribution >= 4 is 33.2 Å². The number of sulfonamides is 1. The number of amides is 2. The Morgan fingerprint density at radius 3 is 2.62 bits per heavy atom. The monoisotopic (exact) mass is 461 g/mol. The lowest BCUT2D eigenvalue weighted by Crippen LogP contribution is -2.41. The molecule has 2 heterocycles. The van der Waals surface area contributed by atoms with Crippen LogP contribution >= 0.6 is 0 Å². The van der Waals surface area contributed by atoms with Gasteiger partial charge in [-0.15, -0.1) is 0 Å². The van der Waals surface area contributed by atoms with E-state index in [-0.39, 0.29) is 35.7 Å². The minimum atomic E-state index is -3.81. The van der Waals surface area contributed by atoms with E-state index in [0.717, 1.165) is 0 Å². The van der Waals surface area contributed by atoms with Crippen molar-refractivity contribution in [1.82, 2.24) is 4.31 Å². The molecule has 0 aliphatic carbocycles. The molecule has 0 saturated carbocycles. The molecular formula is C22H24FN3O5S. The van der Waals surface area contributed by atoms with E-state index in [2.05, 4.69) is 10.6 Å². The molecule has 2 aromatic rings. The molecule has 1 fully saturated rings. The Balaban J connectivity index is 1.46. The zero-order valence-electron chi connectivity index (χ0n) is 17.7. The quantitative estimate of drug-likeness (QED) is 0.729. The van der Waals surface area contributed by atoms with Crippen LogP contribution in [0.15, 0.2) is 41.3 Å². The molecule has 1 saturated heterocycles. The third kappa shape index (κ3) is 4.33. The number of nitrogens with one attached hydrogen (secondary N) is 2. The van der Waals surface area contributed by atoms with E-state index in [9.17, 15) is 22.4 Å². The molecular weight excluding hydrogens is 437 g/mol. The Morgan fingerprint density at radius 1 is 1.22 bits per heavy atom. The highest BCUT2D eigenvalue weighted by Crippen LogP contribution is 2.36. The molecule has 0 aromatic heterocycles. The molecule has 0 radical (unpaired) electrons. The second-order valence-electron chi connectivity index (χ2n) is 8.04. The summed E-state index contributed by atoms with van der Waals surface area (Å²) in [6.07, 6.45) is -0.00448. The first-order chi connectivity index (χ1) is 15.1. The Labute approximate surface area is 185 Å². The summed E-state index contributed by atoms with van der Waals surface area (Å²) < 4.78 is 46.8. The smallest absolute Gasteiger partial charge is 0.265 e. The normalized spacial score (nSPS) is 19.6. The van der Waals surface area contributed by atoms with E-state index in [1.54, 1.807) is 26.0 Å². The second kappa shape index (κ2) is 8.51. The van der Waals surface area contributed by atoms with E-state index >= 15 is 0 Å². The van der Waals surface area contributed by atoms with Crippen molar-refractivity contribution in [2.24, 2.45) is 5.92 Å². The van der Waals surface area contributed by atoms with Crippen LogP contribution in [0.4, 0.5) is 15.8 Å². The summed E-state index contributed by atoms with van der Waals surface area (Å²) in [5.41, 5.74) is 1.31. The fourth-order valence-electron chi connectivity index (χ4n) is 3.93. The molecule has 2 aliphatic rings. The molecule has 2 aliphatic heterocycles.